The summed E-state index contributed by atoms with van der Waals surface area (Å²) in [7, 11) is 0. The van der Waals surface area contributed by atoms with Gasteiger partial charge in [-0.25, -0.2) is 0 Å². The van der Waals surface area contributed by atoms with E-state index in [2.05, 4.69) is 4.74 Å². The first-order valence-electron chi connectivity index (χ1n) is 2.65. The molecule has 0 bridgehead atoms. The molecule has 8 heavy (non-hydrogen) atoms. The molecule has 0 radical (unpaired) electrons. The number of hydrogen-bond donors (Lipinski definition) is 0. The molecule has 2 heteroatoms. The van der Waals surface area contributed by atoms with Crippen LogP contribution in [0.5, 0.6) is 0 Å². The Balaban J connectivity index is 2.54. The molecule has 0 aromatic heterocycles. The van der Waals surface area contributed by atoms with Gasteiger partial charge < -0.3 is 4.74 Å². The number of hydrogen-bond acceptors (Lipinski definition) is 2. The summed E-state index contributed by atoms with van der Waals surface area (Å²) < 4.78 is 4.53. The predicted octanol–water partition coefficient (Wildman–Crippen LogP) is 1.08. The second-order valence-corrected chi connectivity index (χ2v) is 2.00. The molecule has 0 N–H and O–H groups in total. The van der Waals surface area contributed by atoms with Crippen molar-refractivity contribution in [1.82, 2.24) is 0 Å². The quantitative estimate of drug-likeness (QED) is 0.438. The minimum absolute atomic E-state index is 0.125. The van der Waals surface area contributed by atoms with Crippen LogP contribution in [-0.4, -0.2) is 5.97 Å². The molecule has 1 aliphatic heterocycles. The Hall–Kier alpha value is -0.790. The van der Waals surface area contributed by atoms with E-state index in [1.54, 1.807) is 0 Å². The van der Waals surface area contributed by atoms with Crippen LogP contribution in [0.1, 0.15) is 13.3 Å². The molecule has 0 saturated carbocycles. The van der Waals surface area contributed by atoms with Gasteiger partial charge in [-0.05, 0) is 12.0 Å². The van der Waals surface area contributed by atoms with Crippen molar-refractivity contribution in [2.45, 2.75) is 13.3 Å². The van der Waals surface area contributed by atoms with Crippen LogP contribution in [0, 0.1) is 5.92 Å². The van der Waals surface area contributed by atoms with Crippen molar-refractivity contribution in [2.75, 3.05) is 0 Å². The van der Waals surface area contributed by atoms with Crippen molar-refractivity contribution in [3.8, 4) is 0 Å². The maximum atomic E-state index is 10.4. The Morgan fingerprint density at radius 2 is 2.62 bits per heavy atom. The molecule has 44 valence electrons. The highest BCUT2D eigenvalue weighted by Crippen LogP contribution is 2.09. The molecule has 2 nitrogen and oxygen atoms in total. The molecule has 1 heterocycles. The summed E-state index contributed by atoms with van der Waals surface area (Å²) in [5.74, 6) is 0.233. The lowest BCUT2D eigenvalue weighted by atomic mass is 10.1. The van der Waals surface area contributed by atoms with Crippen molar-refractivity contribution < 1.29 is 9.53 Å². The standard InChI is InChI=1S/C6H8O2/c1-5-2-3-8-6(7)4-5/h2-3,5H,4H2,1H3. The Labute approximate surface area is 48.1 Å². The Kier molecular flexibility index (Phi) is 1.33. The summed E-state index contributed by atoms with van der Waals surface area (Å²) in [5.41, 5.74) is 0. The lowest BCUT2D eigenvalue weighted by Crippen LogP contribution is -2.09. The van der Waals surface area contributed by atoms with Gasteiger partial charge in [-0.15, -0.1) is 0 Å². The van der Waals surface area contributed by atoms with Crippen molar-refractivity contribution in [2.24, 2.45) is 5.92 Å². The van der Waals surface area contributed by atoms with E-state index in [-0.39, 0.29) is 5.97 Å². The number of allylic oxidation sites excluding steroid dienone is 1. The number of rotatable bonds is 0. The van der Waals surface area contributed by atoms with Crippen LogP contribution in [0.15, 0.2) is 12.3 Å². The molecule has 1 unspecified atom stereocenters. The molecule has 0 amide bonds. The number of carbonyl (C=O) groups excluding carboxylic acids is 1. The molecule has 0 spiro atoms. The first-order chi connectivity index (χ1) is 3.79. The van der Waals surface area contributed by atoms with E-state index in [1.165, 1.54) is 6.26 Å². The van der Waals surface area contributed by atoms with E-state index in [4.69, 9.17) is 0 Å². The van der Waals surface area contributed by atoms with Crippen LogP contribution in [0.3, 0.4) is 0 Å². The van der Waals surface area contributed by atoms with Gasteiger partial charge in [-0.2, -0.15) is 0 Å². The number of esters is 1. The van der Waals surface area contributed by atoms with E-state index in [1.807, 2.05) is 13.0 Å². The summed E-state index contributed by atoms with van der Waals surface area (Å²) in [4.78, 5) is 10.4. The maximum Gasteiger partial charge on any atom is 0.311 e. The lowest BCUT2D eigenvalue weighted by molar-refractivity contribution is -0.139. The SMILES string of the molecule is CC1C=COC(=O)C1. The zero-order chi connectivity index (χ0) is 5.98. The summed E-state index contributed by atoms with van der Waals surface area (Å²) in [6, 6.07) is 0. The first-order valence-corrected chi connectivity index (χ1v) is 2.65. The van der Waals surface area contributed by atoms with Crippen molar-refractivity contribution >= 4 is 5.97 Å². The summed E-state index contributed by atoms with van der Waals surface area (Å²) >= 11 is 0. The van der Waals surface area contributed by atoms with E-state index in [0.29, 0.717) is 12.3 Å². The fourth-order valence-electron chi connectivity index (χ4n) is 0.628. The Morgan fingerprint density at radius 3 is 3.00 bits per heavy atom. The smallest absolute Gasteiger partial charge is 0.311 e. The highest BCUT2D eigenvalue weighted by atomic mass is 16.5. The van der Waals surface area contributed by atoms with Gasteiger partial charge in [0.15, 0.2) is 0 Å². The molecule has 0 aliphatic carbocycles. The second kappa shape index (κ2) is 1.99. The van der Waals surface area contributed by atoms with E-state index >= 15 is 0 Å². The lowest BCUT2D eigenvalue weighted by Gasteiger charge is -2.08. The number of cyclic esters (lactones) is 1. The van der Waals surface area contributed by atoms with Gasteiger partial charge >= 0.3 is 5.97 Å². The molecule has 0 aromatic carbocycles. The van der Waals surface area contributed by atoms with Crippen LogP contribution in [0.4, 0.5) is 0 Å². The molecule has 1 aliphatic rings. The zero-order valence-corrected chi connectivity index (χ0v) is 4.76. The number of carbonyl (C=O) groups is 1. The summed E-state index contributed by atoms with van der Waals surface area (Å²) in [6.45, 7) is 1.98. The summed E-state index contributed by atoms with van der Waals surface area (Å²) in [5, 5.41) is 0. The van der Waals surface area contributed by atoms with Crippen LogP contribution in [0.25, 0.3) is 0 Å². The maximum absolute atomic E-state index is 10.4. The minimum Gasteiger partial charge on any atom is -0.435 e. The van der Waals surface area contributed by atoms with Gasteiger partial charge in [0.25, 0.3) is 0 Å². The van der Waals surface area contributed by atoms with Gasteiger partial charge in [0, 0.05) is 0 Å². The molecule has 0 fully saturated rings. The van der Waals surface area contributed by atoms with Gasteiger partial charge in [-0.3, -0.25) is 4.79 Å². The van der Waals surface area contributed by atoms with Crippen molar-refractivity contribution in [3.63, 3.8) is 0 Å². The molecular weight excluding hydrogens is 104 g/mol. The van der Waals surface area contributed by atoms with E-state index < -0.39 is 0 Å². The molecule has 0 saturated heterocycles. The third-order valence-electron chi connectivity index (χ3n) is 1.10. The van der Waals surface area contributed by atoms with Gasteiger partial charge in [0.1, 0.15) is 0 Å². The first kappa shape index (κ1) is 5.35. The van der Waals surface area contributed by atoms with Crippen LogP contribution < -0.4 is 0 Å². The fourth-order valence-corrected chi connectivity index (χ4v) is 0.628. The predicted molar refractivity (Wildman–Crippen MR) is 29.0 cm³/mol. The second-order valence-electron chi connectivity index (χ2n) is 2.00. The third kappa shape index (κ3) is 1.09. The Bertz CT molecular complexity index is 126. The monoisotopic (exact) mass is 112 g/mol. The van der Waals surface area contributed by atoms with Gasteiger partial charge in [-0.1, -0.05) is 6.92 Å². The van der Waals surface area contributed by atoms with Crippen molar-refractivity contribution in [1.29, 1.82) is 0 Å². The van der Waals surface area contributed by atoms with Crippen LogP contribution >= 0.6 is 0 Å². The number of ether oxygens (including phenoxy) is 1. The highest BCUT2D eigenvalue weighted by molar-refractivity contribution is 5.71. The normalized spacial score (nSPS) is 27.6. The van der Waals surface area contributed by atoms with E-state index in [0.717, 1.165) is 0 Å². The average molecular weight is 112 g/mol. The molecule has 1 rings (SSSR count). The van der Waals surface area contributed by atoms with E-state index in [9.17, 15) is 4.79 Å². The molecule has 1 atom stereocenters. The molecule has 0 aromatic rings. The average Bonchev–Trinajstić information content (AvgIpc) is 1.64. The summed E-state index contributed by atoms with van der Waals surface area (Å²) in [6.07, 6.45) is 3.86. The zero-order valence-electron chi connectivity index (χ0n) is 4.76. The molecular formula is C6H8O2. The highest BCUT2D eigenvalue weighted by Gasteiger charge is 2.10. The van der Waals surface area contributed by atoms with Gasteiger partial charge in [0.05, 0.1) is 12.7 Å². The Morgan fingerprint density at radius 1 is 1.88 bits per heavy atom. The van der Waals surface area contributed by atoms with Crippen LogP contribution in [0.2, 0.25) is 0 Å². The largest absolute Gasteiger partial charge is 0.435 e. The fraction of sp³-hybridized carbons (Fsp3) is 0.500. The van der Waals surface area contributed by atoms with Gasteiger partial charge in [0.2, 0.25) is 0 Å². The topological polar surface area (TPSA) is 26.3 Å². The third-order valence-corrected chi connectivity index (χ3v) is 1.10. The van der Waals surface area contributed by atoms with Crippen LogP contribution in [-0.2, 0) is 9.53 Å². The van der Waals surface area contributed by atoms with Crippen molar-refractivity contribution in [3.05, 3.63) is 12.3 Å². The minimum atomic E-state index is -0.125.